The maximum absolute atomic E-state index is 13.2. The first-order valence-electron chi connectivity index (χ1n) is 13.9. The molecule has 0 radical (unpaired) electrons. The van der Waals surface area contributed by atoms with E-state index in [4.69, 9.17) is 4.74 Å². The minimum atomic E-state index is -0.504. The summed E-state index contributed by atoms with van der Waals surface area (Å²) in [6.45, 7) is 11.6. The molecule has 1 aliphatic rings. The topological polar surface area (TPSA) is 125 Å². The third-order valence-corrected chi connectivity index (χ3v) is 7.45. The number of hydrogen-bond acceptors (Lipinski definition) is 10. The van der Waals surface area contributed by atoms with Crippen LogP contribution in [0.25, 0.3) is 5.82 Å². The van der Waals surface area contributed by atoms with Gasteiger partial charge in [0.2, 0.25) is 0 Å². The lowest BCUT2D eigenvalue weighted by atomic mass is 9.99. The van der Waals surface area contributed by atoms with Crippen LogP contribution >= 0.6 is 0 Å². The molecule has 1 saturated heterocycles. The Morgan fingerprint density at radius 3 is 2.50 bits per heavy atom. The van der Waals surface area contributed by atoms with Gasteiger partial charge in [0.1, 0.15) is 23.8 Å². The summed E-state index contributed by atoms with van der Waals surface area (Å²) in [7, 11) is 3.78. The fourth-order valence-electron chi connectivity index (χ4n) is 4.58. The number of piperazine rings is 1. The Balaban J connectivity index is 1.34. The lowest BCUT2D eigenvalue weighted by molar-refractivity contribution is 0.0192. The van der Waals surface area contributed by atoms with Crippen LogP contribution in [-0.4, -0.2) is 80.9 Å². The molecule has 4 aromatic rings. The average molecular weight is 571 g/mol. The predicted molar refractivity (Wildman–Crippen MR) is 163 cm³/mol. The van der Waals surface area contributed by atoms with Crippen LogP contribution in [0.4, 0.5) is 23.1 Å². The molecule has 0 atom stereocenters. The number of pyridine rings is 1. The molecule has 12 heteroatoms. The number of rotatable bonds is 9. The number of benzene rings is 1. The number of likely N-dealkylation sites (N-methyl/N-ethyl adjacent to an activating group) is 1. The number of ether oxygens (including phenoxy) is 1. The molecule has 0 unspecified atom stereocenters. The summed E-state index contributed by atoms with van der Waals surface area (Å²) in [6.07, 6.45) is 3.19. The molecular weight excluding hydrogens is 532 g/mol. The van der Waals surface area contributed by atoms with Crippen LogP contribution in [-0.2, 0) is 10.3 Å². The van der Waals surface area contributed by atoms with E-state index in [-0.39, 0.29) is 5.91 Å². The molecule has 42 heavy (non-hydrogen) atoms. The number of hydrazine groups is 1. The highest BCUT2D eigenvalue weighted by molar-refractivity contribution is 6.04. The molecule has 5 rings (SSSR count). The number of aromatic nitrogens is 5. The molecule has 3 N–H and O–H groups in total. The van der Waals surface area contributed by atoms with Gasteiger partial charge in [-0.2, -0.15) is 9.78 Å². The second-order valence-electron chi connectivity index (χ2n) is 11.0. The second-order valence-corrected chi connectivity index (χ2v) is 11.0. The fourth-order valence-corrected chi connectivity index (χ4v) is 4.58. The van der Waals surface area contributed by atoms with E-state index >= 15 is 0 Å². The number of methoxy groups -OCH3 is 1. The summed E-state index contributed by atoms with van der Waals surface area (Å²) >= 11 is 0. The number of carbonyl (C=O) groups excluding carboxylic acids is 1. The first kappa shape index (κ1) is 29.1. The number of carbonyl (C=O) groups is 1. The van der Waals surface area contributed by atoms with Crippen molar-refractivity contribution in [2.45, 2.75) is 33.3 Å². The van der Waals surface area contributed by atoms with E-state index in [0.29, 0.717) is 28.8 Å². The molecule has 4 heterocycles. The number of anilines is 4. The molecular formula is C30H38N10O2. The average Bonchev–Trinajstić information content (AvgIpc) is 3.35. The van der Waals surface area contributed by atoms with E-state index < -0.39 is 5.60 Å². The molecule has 0 aliphatic carbocycles. The van der Waals surface area contributed by atoms with Gasteiger partial charge in [0.05, 0.1) is 11.3 Å². The summed E-state index contributed by atoms with van der Waals surface area (Å²) in [5.74, 6) is 2.22. The normalized spacial score (nSPS) is 14.5. The monoisotopic (exact) mass is 570 g/mol. The van der Waals surface area contributed by atoms with Gasteiger partial charge in [0, 0.05) is 62.9 Å². The van der Waals surface area contributed by atoms with Gasteiger partial charge in [0.15, 0.2) is 5.82 Å². The maximum Gasteiger partial charge on any atom is 0.256 e. The van der Waals surface area contributed by atoms with Crippen LogP contribution in [0.15, 0.2) is 55.0 Å². The Morgan fingerprint density at radius 2 is 1.74 bits per heavy atom. The van der Waals surface area contributed by atoms with Crippen molar-refractivity contribution in [3.05, 3.63) is 77.4 Å². The summed E-state index contributed by atoms with van der Waals surface area (Å²) in [5, 5.41) is 13.2. The van der Waals surface area contributed by atoms with Crippen molar-refractivity contribution < 1.29 is 9.53 Å². The fraction of sp³-hybridized carbons (Fsp3) is 0.367. The van der Waals surface area contributed by atoms with Crippen molar-refractivity contribution >= 4 is 29.0 Å². The zero-order valence-corrected chi connectivity index (χ0v) is 25.0. The Labute approximate surface area is 246 Å². The van der Waals surface area contributed by atoms with E-state index in [2.05, 4.69) is 53.1 Å². The molecule has 220 valence electrons. The van der Waals surface area contributed by atoms with E-state index in [1.54, 1.807) is 24.1 Å². The van der Waals surface area contributed by atoms with Crippen molar-refractivity contribution in [2.75, 3.05) is 56.4 Å². The highest BCUT2D eigenvalue weighted by Crippen LogP contribution is 2.27. The SMILES string of the molecule is COC(C)(C)c1ccnc(NC(=O)c2ccc(C)c(Nc3cc(C)nn3-c3cc(NN4CCN(C)CC4)ncn3)c2)c1. The third-order valence-electron chi connectivity index (χ3n) is 7.45. The van der Waals surface area contributed by atoms with Crippen molar-refractivity contribution in [1.29, 1.82) is 0 Å². The van der Waals surface area contributed by atoms with Gasteiger partial charge in [-0.05, 0) is 70.1 Å². The second kappa shape index (κ2) is 12.2. The van der Waals surface area contributed by atoms with Crippen LogP contribution in [0, 0.1) is 13.8 Å². The standard InChI is InChI=1S/C30H38N10O2/c1-20-7-8-22(29(41)35-25-17-23(9-10-31-25)30(3,4)42-6)16-24(20)34-28-15-21(2)36-40(28)27-18-26(32-19-33-27)37-39-13-11-38(5)12-14-39/h7-10,15-19,34H,11-14H2,1-6H3,(H,31,35,41)(H,32,33,37). The van der Waals surface area contributed by atoms with E-state index in [1.165, 1.54) is 6.33 Å². The minimum Gasteiger partial charge on any atom is -0.374 e. The molecule has 12 nitrogen and oxygen atoms in total. The van der Waals surface area contributed by atoms with E-state index in [9.17, 15) is 4.79 Å². The van der Waals surface area contributed by atoms with Crippen molar-refractivity contribution in [2.24, 2.45) is 0 Å². The zero-order valence-electron chi connectivity index (χ0n) is 25.0. The van der Waals surface area contributed by atoms with Gasteiger partial charge < -0.3 is 25.7 Å². The molecule has 0 spiro atoms. The smallest absolute Gasteiger partial charge is 0.256 e. The van der Waals surface area contributed by atoms with Gasteiger partial charge >= 0.3 is 0 Å². The largest absolute Gasteiger partial charge is 0.374 e. The van der Waals surface area contributed by atoms with Crippen LogP contribution in [0.5, 0.6) is 0 Å². The molecule has 1 fully saturated rings. The zero-order chi connectivity index (χ0) is 29.9. The van der Waals surface area contributed by atoms with Crippen molar-refractivity contribution in [1.82, 2.24) is 34.6 Å². The quantitative estimate of drug-likeness (QED) is 0.271. The lowest BCUT2D eigenvalue weighted by Crippen LogP contribution is -2.47. The Kier molecular flexibility index (Phi) is 8.48. The van der Waals surface area contributed by atoms with E-state index in [0.717, 1.165) is 48.7 Å². The Bertz CT molecular complexity index is 1560. The third kappa shape index (κ3) is 6.73. The summed E-state index contributed by atoms with van der Waals surface area (Å²) in [6, 6.07) is 13.0. The number of nitrogens with one attached hydrogen (secondary N) is 3. The van der Waals surface area contributed by atoms with Crippen molar-refractivity contribution in [3.63, 3.8) is 0 Å². The van der Waals surface area contributed by atoms with Gasteiger partial charge in [-0.25, -0.2) is 20.0 Å². The summed E-state index contributed by atoms with van der Waals surface area (Å²) in [5.41, 5.74) is 6.85. The molecule has 0 saturated carbocycles. The van der Waals surface area contributed by atoms with Crippen LogP contribution in [0.3, 0.4) is 0 Å². The van der Waals surface area contributed by atoms with Crippen LogP contribution in [0.2, 0.25) is 0 Å². The first-order chi connectivity index (χ1) is 20.1. The summed E-state index contributed by atoms with van der Waals surface area (Å²) in [4.78, 5) is 28.7. The van der Waals surface area contributed by atoms with Gasteiger partial charge in [-0.3, -0.25) is 4.79 Å². The Morgan fingerprint density at radius 1 is 0.952 bits per heavy atom. The highest BCUT2D eigenvalue weighted by atomic mass is 16.5. The minimum absolute atomic E-state index is 0.266. The van der Waals surface area contributed by atoms with Crippen LogP contribution < -0.4 is 16.1 Å². The number of nitrogens with zero attached hydrogens (tertiary/aromatic N) is 7. The lowest BCUT2D eigenvalue weighted by Gasteiger charge is -2.32. The maximum atomic E-state index is 13.2. The number of aryl methyl sites for hydroxylation is 2. The number of amides is 1. The molecule has 0 bridgehead atoms. The van der Waals surface area contributed by atoms with Gasteiger partial charge in [-0.1, -0.05) is 6.07 Å². The van der Waals surface area contributed by atoms with Gasteiger partial charge in [-0.15, -0.1) is 0 Å². The highest BCUT2D eigenvalue weighted by Gasteiger charge is 2.21. The molecule has 1 amide bonds. The van der Waals surface area contributed by atoms with Crippen molar-refractivity contribution in [3.8, 4) is 5.82 Å². The Hall–Kier alpha value is -4.39. The molecule has 1 aliphatic heterocycles. The first-order valence-corrected chi connectivity index (χ1v) is 13.9. The number of hydrogen-bond donors (Lipinski definition) is 3. The molecule has 3 aromatic heterocycles. The van der Waals surface area contributed by atoms with Crippen LogP contribution in [0.1, 0.15) is 41.0 Å². The van der Waals surface area contributed by atoms with Gasteiger partial charge in [0.25, 0.3) is 5.91 Å². The summed E-state index contributed by atoms with van der Waals surface area (Å²) < 4.78 is 7.31. The van der Waals surface area contributed by atoms with E-state index in [1.807, 2.05) is 64.1 Å². The molecule has 1 aromatic carbocycles. The predicted octanol–water partition coefficient (Wildman–Crippen LogP) is 4.13.